The number of morpholine rings is 1. The minimum absolute atomic E-state index is 0.221. The van der Waals surface area contributed by atoms with Crippen molar-refractivity contribution in [3.8, 4) is 0 Å². The highest BCUT2D eigenvalue weighted by atomic mass is 32.2. The third-order valence-corrected chi connectivity index (χ3v) is 8.57. The van der Waals surface area contributed by atoms with Gasteiger partial charge in [0.1, 0.15) is 0 Å². The Morgan fingerprint density at radius 3 is 2.22 bits per heavy atom. The zero-order chi connectivity index (χ0) is 29.2. The molecule has 222 valence electrons. The van der Waals surface area contributed by atoms with E-state index in [1.807, 2.05) is 6.07 Å². The number of halogens is 6. The third-order valence-electron chi connectivity index (χ3n) is 7.52. The van der Waals surface area contributed by atoms with E-state index in [1.54, 1.807) is 18.2 Å². The maximum absolute atomic E-state index is 14.2. The number of nitrogens with zero attached hydrogens (tertiary/aromatic N) is 2. The summed E-state index contributed by atoms with van der Waals surface area (Å²) in [5.74, 6) is -0.587. The minimum atomic E-state index is -5.30. The summed E-state index contributed by atoms with van der Waals surface area (Å²) in [6.45, 7) is 3.07. The van der Waals surface area contributed by atoms with Crippen molar-refractivity contribution in [2.24, 2.45) is 0 Å². The van der Waals surface area contributed by atoms with E-state index in [9.17, 15) is 31.1 Å². The molecule has 0 bridgehead atoms. The third kappa shape index (κ3) is 7.58. The largest absolute Gasteiger partial charge is 0.418 e. The van der Waals surface area contributed by atoms with Crippen LogP contribution in [0.2, 0.25) is 0 Å². The number of amides is 1. The molecule has 41 heavy (non-hydrogen) atoms. The highest BCUT2D eigenvalue weighted by Gasteiger charge is 2.46. The molecule has 1 N–H and O–H groups in total. The molecule has 12 heteroatoms. The number of benzene rings is 2. The topological polar surface area (TPSA) is 44.8 Å². The molecule has 0 aromatic heterocycles. The normalized spacial score (nSPS) is 19.6. The minimum Gasteiger partial charge on any atom is -0.382 e. The Morgan fingerprint density at radius 1 is 0.902 bits per heavy atom. The highest BCUT2D eigenvalue weighted by Crippen LogP contribution is 2.48. The molecule has 5 nitrogen and oxygen atoms in total. The van der Waals surface area contributed by atoms with Gasteiger partial charge >= 0.3 is 12.4 Å². The maximum Gasteiger partial charge on any atom is 0.418 e. The van der Waals surface area contributed by atoms with Crippen molar-refractivity contribution in [1.29, 1.82) is 0 Å². The lowest BCUT2D eigenvalue weighted by molar-refractivity contribution is -0.163. The summed E-state index contributed by atoms with van der Waals surface area (Å²) in [7, 11) is 0. The van der Waals surface area contributed by atoms with Crippen LogP contribution in [0.5, 0.6) is 0 Å². The summed E-state index contributed by atoms with van der Waals surface area (Å²) in [5.41, 5.74) is -3.58. The predicted molar refractivity (Wildman–Crippen MR) is 145 cm³/mol. The molecule has 2 heterocycles. The lowest BCUT2D eigenvalue weighted by Gasteiger charge is -2.33. The number of carbonyl (C=O) groups is 1. The van der Waals surface area contributed by atoms with Gasteiger partial charge in [0.25, 0.3) is 0 Å². The molecule has 3 aliphatic rings. The standard InChI is InChI=1S/C29H31F6N3O2S/c30-28(31,32)26-19(5-9-25(39)38-14-16-40-17-15-38)4-8-24(27(26)29(33,34)35)41-23-3-1-2-21(18-23)36-20-10-12-37(13-11-20)22-6-7-22/h1-5,8-9,18,20,22,36H,6-7,10-17H2. The molecule has 1 aliphatic carbocycles. The molecule has 0 unspecified atom stereocenters. The Balaban J connectivity index is 1.38. The van der Waals surface area contributed by atoms with Crippen LogP contribution in [0.1, 0.15) is 42.4 Å². The van der Waals surface area contributed by atoms with Gasteiger partial charge in [0, 0.05) is 59.8 Å². The van der Waals surface area contributed by atoms with Gasteiger partial charge in [-0.15, -0.1) is 0 Å². The van der Waals surface area contributed by atoms with Crippen LogP contribution in [0.4, 0.5) is 32.0 Å². The van der Waals surface area contributed by atoms with Crippen LogP contribution in [0.15, 0.2) is 52.3 Å². The van der Waals surface area contributed by atoms with Crippen LogP contribution in [0.3, 0.4) is 0 Å². The van der Waals surface area contributed by atoms with E-state index in [4.69, 9.17) is 4.74 Å². The van der Waals surface area contributed by atoms with Gasteiger partial charge in [-0.2, -0.15) is 26.3 Å². The average molecular weight is 600 g/mol. The zero-order valence-corrected chi connectivity index (χ0v) is 23.0. The molecular formula is C29H31F6N3O2S. The number of carbonyl (C=O) groups excluding carboxylic acids is 1. The van der Waals surface area contributed by atoms with Crippen molar-refractivity contribution >= 4 is 29.4 Å². The fraction of sp³-hybridized carbons (Fsp3) is 0.483. The SMILES string of the molecule is O=C(C=Cc1ccc(Sc2cccc(NC3CCN(C4CC4)CC3)c2)c(C(F)(F)F)c1C(F)(F)F)N1CCOCC1. The highest BCUT2D eigenvalue weighted by molar-refractivity contribution is 7.99. The Morgan fingerprint density at radius 2 is 1.59 bits per heavy atom. The second-order valence-corrected chi connectivity index (χ2v) is 11.6. The maximum atomic E-state index is 14.2. The molecule has 0 atom stereocenters. The number of nitrogens with one attached hydrogen (secondary N) is 1. The van der Waals surface area contributed by atoms with Crippen molar-refractivity contribution in [3.05, 3.63) is 59.2 Å². The summed E-state index contributed by atoms with van der Waals surface area (Å²) < 4.78 is 90.4. The van der Waals surface area contributed by atoms with E-state index in [0.29, 0.717) is 28.4 Å². The van der Waals surface area contributed by atoms with Crippen LogP contribution < -0.4 is 5.32 Å². The molecular weight excluding hydrogens is 568 g/mol. The first-order valence-electron chi connectivity index (χ1n) is 13.6. The summed E-state index contributed by atoms with van der Waals surface area (Å²) >= 11 is 0.635. The van der Waals surface area contributed by atoms with E-state index in [2.05, 4.69) is 10.2 Å². The lowest BCUT2D eigenvalue weighted by atomic mass is 9.99. The second-order valence-electron chi connectivity index (χ2n) is 10.5. The van der Waals surface area contributed by atoms with Gasteiger partial charge in [-0.25, -0.2) is 0 Å². The molecule has 1 saturated carbocycles. The number of rotatable bonds is 7. The summed E-state index contributed by atoms with van der Waals surface area (Å²) in [4.78, 5) is 16.1. The van der Waals surface area contributed by atoms with Crippen LogP contribution in [-0.2, 0) is 21.9 Å². The van der Waals surface area contributed by atoms with E-state index >= 15 is 0 Å². The lowest BCUT2D eigenvalue weighted by Crippen LogP contribution is -2.40. The van der Waals surface area contributed by atoms with Gasteiger partial charge in [-0.05, 0) is 61.6 Å². The smallest absolute Gasteiger partial charge is 0.382 e. The Labute approximate surface area is 238 Å². The molecule has 2 aromatic rings. The molecule has 0 spiro atoms. The van der Waals surface area contributed by atoms with Crippen LogP contribution >= 0.6 is 11.8 Å². The number of alkyl halides is 6. The Bertz CT molecular complexity index is 1260. The first-order chi connectivity index (χ1) is 19.5. The van der Waals surface area contributed by atoms with Crippen molar-refractivity contribution in [2.75, 3.05) is 44.7 Å². The number of likely N-dealkylation sites (tertiary alicyclic amines) is 1. The van der Waals surface area contributed by atoms with Crippen LogP contribution in [-0.4, -0.2) is 67.2 Å². The number of anilines is 1. The predicted octanol–water partition coefficient (Wildman–Crippen LogP) is 6.79. The Kier molecular flexibility index (Phi) is 8.91. The monoisotopic (exact) mass is 599 g/mol. The quantitative estimate of drug-likeness (QED) is 0.281. The van der Waals surface area contributed by atoms with Gasteiger partial charge in [-0.1, -0.05) is 23.9 Å². The van der Waals surface area contributed by atoms with Gasteiger partial charge in [0.15, 0.2) is 0 Å². The number of piperidine rings is 1. The van der Waals surface area contributed by atoms with Crippen LogP contribution in [0, 0.1) is 0 Å². The van der Waals surface area contributed by atoms with E-state index in [0.717, 1.165) is 50.2 Å². The average Bonchev–Trinajstić information content (AvgIpc) is 3.78. The fourth-order valence-electron chi connectivity index (χ4n) is 5.32. The summed E-state index contributed by atoms with van der Waals surface area (Å²) in [6, 6.07) is 9.67. The van der Waals surface area contributed by atoms with Gasteiger partial charge in [0.2, 0.25) is 5.91 Å². The fourth-order valence-corrected chi connectivity index (χ4v) is 6.36. The first-order valence-corrected chi connectivity index (χ1v) is 14.5. The molecule has 1 amide bonds. The number of hydrogen-bond acceptors (Lipinski definition) is 5. The van der Waals surface area contributed by atoms with Crippen molar-refractivity contribution < 1.29 is 35.9 Å². The zero-order valence-electron chi connectivity index (χ0n) is 22.2. The van der Waals surface area contributed by atoms with E-state index in [1.165, 1.54) is 17.7 Å². The molecule has 5 rings (SSSR count). The van der Waals surface area contributed by atoms with Crippen molar-refractivity contribution in [3.63, 3.8) is 0 Å². The van der Waals surface area contributed by atoms with Gasteiger partial charge in [-0.3, -0.25) is 4.79 Å². The Hall–Kier alpha value is -2.70. The van der Waals surface area contributed by atoms with Crippen molar-refractivity contribution in [2.45, 2.75) is 59.9 Å². The molecule has 2 saturated heterocycles. The first kappa shape index (κ1) is 29.8. The molecule has 3 fully saturated rings. The summed E-state index contributed by atoms with van der Waals surface area (Å²) in [5, 5.41) is 3.44. The number of hydrogen-bond donors (Lipinski definition) is 1. The number of ether oxygens (including phenoxy) is 1. The van der Waals surface area contributed by atoms with E-state index < -0.39 is 39.8 Å². The van der Waals surface area contributed by atoms with Gasteiger partial charge in [0.05, 0.1) is 24.3 Å². The molecule has 2 aromatic carbocycles. The van der Waals surface area contributed by atoms with Gasteiger partial charge < -0.3 is 19.9 Å². The summed E-state index contributed by atoms with van der Waals surface area (Å²) in [6.07, 6.45) is -4.50. The van der Waals surface area contributed by atoms with Crippen molar-refractivity contribution in [1.82, 2.24) is 9.80 Å². The second kappa shape index (κ2) is 12.3. The molecule has 2 aliphatic heterocycles. The van der Waals surface area contributed by atoms with E-state index in [-0.39, 0.29) is 32.3 Å². The molecule has 0 radical (unpaired) electrons. The van der Waals surface area contributed by atoms with Crippen LogP contribution in [0.25, 0.3) is 6.08 Å².